The smallest absolute Gasteiger partial charge is 0.303 e. The molecule has 3 amide bonds. The fraction of sp³-hybridized carbons (Fsp3) is 0.737. The first-order chi connectivity index (χ1) is 13.9. The van der Waals surface area contributed by atoms with Crippen molar-refractivity contribution in [1.29, 1.82) is 0 Å². The van der Waals surface area contributed by atoms with Crippen LogP contribution in [-0.2, 0) is 24.0 Å². The van der Waals surface area contributed by atoms with Gasteiger partial charge in [0.1, 0.15) is 24.4 Å². The van der Waals surface area contributed by atoms with Gasteiger partial charge < -0.3 is 36.7 Å². The summed E-state index contributed by atoms with van der Waals surface area (Å²) in [5.41, 5.74) is 5.47. The monoisotopic (exact) mass is 430 g/mol. The first-order valence-corrected chi connectivity index (χ1v) is 9.87. The van der Waals surface area contributed by atoms with Crippen LogP contribution in [0.1, 0.15) is 47.0 Å². The second-order valence-corrected chi connectivity index (χ2v) is 7.89. The van der Waals surface area contributed by atoms with E-state index in [1.807, 2.05) is 13.8 Å². The molecule has 0 saturated carbocycles. The molecule has 0 rings (SSSR count). The highest BCUT2D eigenvalue weighted by atomic mass is 16.4. The second kappa shape index (κ2) is 13.6. The number of aldehydes is 1. The summed E-state index contributed by atoms with van der Waals surface area (Å²) in [5, 5.41) is 25.3. The third-order valence-electron chi connectivity index (χ3n) is 4.33. The fourth-order valence-corrected chi connectivity index (χ4v) is 2.50. The Kier molecular flexibility index (Phi) is 12.5. The Morgan fingerprint density at radius 1 is 0.933 bits per heavy atom. The number of nitrogens with two attached hydrogens (primary N) is 1. The fourth-order valence-electron chi connectivity index (χ4n) is 2.50. The quantitative estimate of drug-likeness (QED) is 0.180. The lowest BCUT2D eigenvalue weighted by Crippen LogP contribution is -2.57. The van der Waals surface area contributed by atoms with Gasteiger partial charge in [-0.05, 0) is 24.7 Å². The Hall–Kier alpha value is -2.53. The van der Waals surface area contributed by atoms with E-state index in [9.17, 15) is 24.0 Å². The maximum atomic E-state index is 12.7. The van der Waals surface area contributed by atoms with Crippen LogP contribution in [0.15, 0.2) is 0 Å². The van der Waals surface area contributed by atoms with Crippen molar-refractivity contribution >= 4 is 30.0 Å². The van der Waals surface area contributed by atoms with Gasteiger partial charge in [-0.1, -0.05) is 27.7 Å². The van der Waals surface area contributed by atoms with Crippen LogP contribution >= 0.6 is 0 Å². The average molecular weight is 431 g/mol. The van der Waals surface area contributed by atoms with Crippen LogP contribution < -0.4 is 21.7 Å². The topological polar surface area (TPSA) is 188 Å². The van der Waals surface area contributed by atoms with E-state index >= 15 is 0 Å². The number of aliphatic carboxylic acids is 1. The average Bonchev–Trinajstić information content (AvgIpc) is 2.66. The Bertz CT molecular complexity index is 610. The minimum absolute atomic E-state index is 0.00178. The van der Waals surface area contributed by atoms with E-state index in [0.717, 1.165) is 0 Å². The molecule has 0 heterocycles. The number of carbonyl (C=O) groups excluding carboxylic acids is 4. The van der Waals surface area contributed by atoms with Gasteiger partial charge in [0.05, 0.1) is 12.6 Å². The number of carboxylic acids is 1. The van der Waals surface area contributed by atoms with Crippen molar-refractivity contribution in [3.63, 3.8) is 0 Å². The molecule has 30 heavy (non-hydrogen) atoms. The molecule has 0 aromatic rings. The zero-order valence-electron chi connectivity index (χ0n) is 17.9. The van der Waals surface area contributed by atoms with Gasteiger partial charge in [-0.2, -0.15) is 0 Å². The van der Waals surface area contributed by atoms with Crippen LogP contribution in [0.5, 0.6) is 0 Å². The molecule has 0 radical (unpaired) electrons. The molecule has 7 N–H and O–H groups in total. The number of hydrogen-bond acceptors (Lipinski definition) is 7. The lowest BCUT2D eigenvalue weighted by Gasteiger charge is -2.26. The highest BCUT2D eigenvalue weighted by Gasteiger charge is 2.30. The molecule has 11 heteroatoms. The summed E-state index contributed by atoms with van der Waals surface area (Å²) in [6.07, 6.45) is 0.208. The first-order valence-electron chi connectivity index (χ1n) is 9.87. The van der Waals surface area contributed by atoms with E-state index < -0.39 is 54.5 Å². The number of aliphatic hydroxyl groups is 1. The molecule has 4 atom stereocenters. The van der Waals surface area contributed by atoms with E-state index in [1.165, 1.54) is 0 Å². The Labute approximate surface area is 176 Å². The predicted molar refractivity (Wildman–Crippen MR) is 108 cm³/mol. The molecule has 0 aromatic heterocycles. The largest absolute Gasteiger partial charge is 0.481 e. The number of hydrogen-bond donors (Lipinski definition) is 6. The van der Waals surface area contributed by atoms with Crippen LogP contribution in [0.3, 0.4) is 0 Å². The summed E-state index contributed by atoms with van der Waals surface area (Å²) in [4.78, 5) is 59.4. The lowest BCUT2D eigenvalue weighted by molar-refractivity contribution is -0.138. The third kappa shape index (κ3) is 10.3. The second-order valence-electron chi connectivity index (χ2n) is 7.89. The van der Waals surface area contributed by atoms with Crippen LogP contribution in [0.25, 0.3) is 0 Å². The van der Waals surface area contributed by atoms with Crippen LogP contribution in [0, 0.1) is 11.8 Å². The van der Waals surface area contributed by atoms with Crippen molar-refractivity contribution < 1.29 is 34.2 Å². The molecular weight excluding hydrogens is 396 g/mol. The summed E-state index contributed by atoms with van der Waals surface area (Å²) in [6, 6.07) is -4.26. The van der Waals surface area contributed by atoms with Gasteiger partial charge in [0, 0.05) is 6.42 Å². The number of amides is 3. The van der Waals surface area contributed by atoms with Gasteiger partial charge in [0.15, 0.2) is 0 Å². The van der Waals surface area contributed by atoms with Crippen molar-refractivity contribution in [3.8, 4) is 0 Å². The highest BCUT2D eigenvalue weighted by Crippen LogP contribution is 2.08. The van der Waals surface area contributed by atoms with Crippen molar-refractivity contribution in [2.45, 2.75) is 71.1 Å². The van der Waals surface area contributed by atoms with Gasteiger partial charge in [0.2, 0.25) is 17.7 Å². The number of aliphatic hydroxyl groups excluding tert-OH is 1. The van der Waals surface area contributed by atoms with Crippen LogP contribution in [-0.4, -0.2) is 71.0 Å². The summed E-state index contributed by atoms with van der Waals surface area (Å²) >= 11 is 0. The predicted octanol–water partition coefficient (Wildman–Crippen LogP) is -1.47. The van der Waals surface area contributed by atoms with Gasteiger partial charge in [-0.25, -0.2) is 0 Å². The molecule has 0 aliphatic rings. The molecule has 0 unspecified atom stereocenters. The van der Waals surface area contributed by atoms with E-state index in [-0.39, 0.29) is 31.1 Å². The van der Waals surface area contributed by atoms with Gasteiger partial charge >= 0.3 is 5.97 Å². The number of carbonyl (C=O) groups is 5. The lowest BCUT2D eigenvalue weighted by atomic mass is 10.0. The zero-order chi connectivity index (χ0) is 23.4. The Morgan fingerprint density at radius 3 is 1.90 bits per heavy atom. The number of nitrogens with one attached hydrogen (secondary N) is 3. The van der Waals surface area contributed by atoms with Crippen molar-refractivity contribution in [3.05, 3.63) is 0 Å². The first kappa shape index (κ1) is 27.5. The van der Waals surface area contributed by atoms with E-state index in [1.54, 1.807) is 13.8 Å². The van der Waals surface area contributed by atoms with Gasteiger partial charge in [-0.15, -0.1) is 0 Å². The zero-order valence-corrected chi connectivity index (χ0v) is 17.9. The molecule has 0 bridgehead atoms. The molecule has 0 aliphatic heterocycles. The van der Waals surface area contributed by atoms with E-state index in [2.05, 4.69) is 16.0 Å². The van der Waals surface area contributed by atoms with Crippen LogP contribution in [0.4, 0.5) is 0 Å². The normalized spacial score (nSPS) is 15.1. The van der Waals surface area contributed by atoms with Gasteiger partial charge in [0.25, 0.3) is 0 Å². The minimum atomic E-state index is -1.21. The van der Waals surface area contributed by atoms with Gasteiger partial charge in [-0.3, -0.25) is 19.2 Å². The van der Waals surface area contributed by atoms with E-state index in [4.69, 9.17) is 15.9 Å². The summed E-state index contributed by atoms with van der Waals surface area (Å²) in [6.45, 7) is 6.49. The molecule has 0 spiro atoms. The molecule has 11 nitrogen and oxygen atoms in total. The maximum absolute atomic E-state index is 12.7. The summed E-state index contributed by atoms with van der Waals surface area (Å²) in [5.74, 6) is -3.48. The van der Waals surface area contributed by atoms with Crippen molar-refractivity contribution in [2.24, 2.45) is 17.6 Å². The molecule has 0 saturated heterocycles. The SMILES string of the molecule is CC(C)C[C@H](NC(=O)[C@@H](N)CO)C(=O)N[C@@H](CCC(=O)O)C(=O)N[C@H](C=O)C(C)C. The Morgan fingerprint density at radius 2 is 1.47 bits per heavy atom. The molecule has 172 valence electrons. The van der Waals surface area contributed by atoms with E-state index in [0.29, 0.717) is 6.29 Å². The molecule has 0 fully saturated rings. The maximum Gasteiger partial charge on any atom is 0.303 e. The molecular formula is C19H34N4O7. The highest BCUT2D eigenvalue weighted by molar-refractivity contribution is 5.93. The Balaban J connectivity index is 5.43. The van der Waals surface area contributed by atoms with Crippen molar-refractivity contribution in [2.75, 3.05) is 6.61 Å². The molecule has 0 aliphatic carbocycles. The molecule has 0 aromatic carbocycles. The summed E-state index contributed by atoms with van der Waals surface area (Å²) < 4.78 is 0. The standard InChI is InChI=1S/C19H34N4O7/c1-10(2)7-14(22-17(28)12(20)8-24)19(30)21-13(5-6-16(26)27)18(29)23-15(9-25)11(3)4/h9-15,24H,5-8,20H2,1-4H3,(H,21,30)(H,22,28)(H,23,29)(H,26,27)/t12-,13-,14-,15+/m0/s1. The summed E-state index contributed by atoms with van der Waals surface area (Å²) in [7, 11) is 0. The third-order valence-corrected chi connectivity index (χ3v) is 4.33. The number of rotatable bonds is 14. The number of carboxylic acid groups (broad SMARTS) is 1. The van der Waals surface area contributed by atoms with Crippen LogP contribution in [0.2, 0.25) is 0 Å². The minimum Gasteiger partial charge on any atom is -0.481 e. The van der Waals surface area contributed by atoms with Crippen molar-refractivity contribution in [1.82, 2.24) is 16.0 Å².